The van der Waals surface area contributed by atoms with Crippen LogP contribution in [0.2, 0.25) is 0 Å². The van der Waals surface area contributed by atoms with E-state index in [9.17, 15) is 14.4 Å². The van der Waals surface area contributed by atoms with Gasteiger partial charge in [0, 0.05) is 31.7 Å². The molecule has 0 bridgehead atoms. The fourth-order valence-corrected chi connectivity index (χ4v) is 4.73. The number of thiophene rings is 1. The molecule has 2 amide bonds. The van der Waals surface area contributed by atoms with Crippen LogP contribution in [0.5, 0.6) is 11.5 Å². The highest BCUT2D eigenvalue weighted by Gasteiger charge is 2.34. The Morgan fingerprint density at radius 3 is 2.18 bits per heavy atom. The van der Waals surface area contributed by atoms with E-state index in [0.29, 0.717) is 53.7 Å². The summed E-state index contributed by atoms with van der Waals surface area (Å²) >= 11 is 1.35. The van der Waals surface area contributed by atoms with Crippen molar-refractivity contribution in [3.8, 4) is 11.5 Å². The average Bonchev–Trinajstić information content (AvgIpc) is 3.42. The van der Waals surface area contributed by atoms with Crippen molar-refractivity contribution in [2.24, 2.45) is 0 Å². The van der Waals surface area contributed by atoms with Crippen LogP contribution in [0.4, 0.5) is 0 Å². The molecule has 3 heterocycles. The van der Waals surface area contributed by atoms with Crippen LogP contribution in [0.15, 0.2) is 66.0 Å². The first-order chi connectivity index (χ1) is 16.1. The second-order valence-corrected chi connectivity index (χ2v) is 8.78. The predicted molar refractivity (Wildman–Crippen MR) is 123 cm³/mol. The van der Waals surface area contributed by atoms with E-state index in [1.165, 1.54) is 11.3 Å². The monoisotopic (exact) mass is 462 g/mol. The van der Waals surface area contributed by atoms with Gasteiger partial charge in [0.05, 0.1) is 10.4 Å². The molecule has 7 nitrogen and oxygen atoms in total. The van der Waals surface area contributed by atoms with Gasteiger partial charge in [-0.3, -0.25) is 14.4 Å². The number of amides is 2. The van der Waals surface area contributed by atoms with E-state index in [2.05, 4.69) is 0 Å². The van der Waals surface area contributed by atoms with E-state index in [0.717, 1.165) is 0 Å². The van der Waals surface area contributed by atoms with Crippen LogP contribution in [-0.2, 0) is 4.79 Å². The number of hydrogen-bond donors (Lipinski definition) is 0. The molecule has 0 aliphatic carbocycles. The van der Waals surface area contributed by atoms with Gasteiger partial charge in [-0.15, -0.1) is 11.3 Å². The molecule has 0 unspecified atom stereocenters. The van der Waals surface area contributed by atoms with Crippen LogP contribution >= 0.6 is 11.3 Å². The first-order valence-corrected chi connectivity index (χ1v) is 11.6. The Balaban J connectivity index is 1.24. The van der Waals surface area contributed by atoms with Gasteiger partial charge >= 0.3 is 0 Å². The molecule has 8 heteroatoms. The van der Waals surface area contributed by atoms with Crippen LogP contribution in [-0.4, -0.2) is 66.3 Å². The van der Waals surface area contributed by atoms with E-state index >= 15 is 0 Å². The van der Waals surface area contributed by atoms with Crippen molar-refractivity contribution < 1.29 is 23.9 Å². The highest BCUT2D eigenvalue weighted by molar-refractivity contribution is 7.12. The van der Waals surface area contributed by atoms with E-state index in [-0.39, 0.29) is 24.2 Å². The zero-order valence-electron chi connectivity index (χ0n) is 17.8. The minimum atomic E-state index is -0.703. The first-order valence-electron chi connectivity index (χ1n) is 10.8. The Morgan fingerprint density at radius 1 is 0.788 bits per heavy atom. The molecule has 2 aromatic carbocycles. The minimum absolute atomic E-state index is 0.148. The van der Waals surface area contributed by atoms with E-state index in [4.69, 9.17) is 9.47 Å². The highest BCUT2D eigenvalue weighted by atomic mass is 32.1. The van der Waals surface area contributed by atoms with Gasteiger partial charge in [0.2, 0.25) is 11.9 Å². The number of piperazine rings is 1. The number of fused-ring (bicyclic) bond motifs is 1. The van der Waals surface area contributed by atoms with E-state index in [1.54, 1.807) is 52.3 Å². The second-order valence-electron chi connectivity index (χ2n) is 7.83. The summed E-state index contributed by atoms with van der Waals surface area (Å²) in [7, 11) is 0. The molecule has 1 atom stereocenters. The van der Waals surface area contributed by atoms with Crippen molar-refractivity contribution in [3.05, 3.63) is 82.0 Å². The molecule has 2 aliphatic rings. The molecule has 0 radical (unpaired) electrons. The van der Waals surface area contributed by atoms with E-state index in [1.807, 2.05) is 23.6 Å². The molecule has 0 N–H and O–H groups in total. The number of carbonyl (C=O) groups excluding carboxylic acids is 3. The molecule has 1 fully saturated rings. The summed E-state index contributed by atoms with van der Waals surface area (Å²) in [4.78, 5) is 43.1. The Labute approximate surface area is 195 Å². The molecule has 0 spiro atoms. The number of hydrogen-bond acceptors (Lipinski definition) is 6. The third-order valence-electron chi connectivity index (χ3n) is 5.81. The van der Waals surface area contributed by atoms with Crippen LogP contribution in [0.1, 0.15) is 25.6 Å². The summed E-state index contributed by atoms with van der Waals surface area (Å²) in [6.07, 6.45) is -0.703. The molecular weight excluding hydrogens is 440 g/mol. The Bertz CT molecular complexity index is 1190. The normalized spacial score (nSPS) is 17.5. The summed E-state index contributed by atoms with van der Waals surface area (Å²) in [5.41, 5.74) is 0.783. The Kier molecular flexibility index (Phi) is 5.83. The number of ether oxygens (including phenoxy) is 2. The lowest BCUT2D eigenvalue weighted by atomic mass is 10.0. The molecule has 33 heavy (non-hydrogen) atoms. The maximum atomic E-state index is 13.2. The number of ketones is 1. The lowest BCUT2D eigenvalue weighted by molar-refractivity contribution is -0.142. The lowest BCUT2D eigenvalue weighted by Gasteiger charge is -2.37. The topological polar surface area (TPSA) is 76.2 Å². The summed E-state index contributed by atoms with van der Waals surface area (Å²) in [6.45, 7) is 1.72. The van der Waals surface area contributed by atoms with Gasteiger partial charge in [-0.25, -0.2) is 0 Å². The summed E-state index contributed by atoms with van der Waals surface area (Å²) in [5, 5.41) is 1.84. The molecule has 5 rings (SSSR count). The van der Waals surface area contributed by atoms with Gasteiger partial charge in [0.1, 0.15) is 6.61 Å². The third kappa shape index (κ3) is 4.21. The molecule has 1 saturated heterocycles. The fourth-order valence-electron chi connectivity index (χ4n) is 4.05. The van der Waals surface area contributed by atoms with Crippen molar-refractivity contribution in [2.45, 2.75) is 6.10 Å². The van der Waals surface area contributed by atoms with Crippen molar-refractivity contribution in [1.29, 1.82) is 0 Å². The zero-order valence-corrected chi connectivity index (χ0v) is 18.6. The molecule has 1 aromatic heterocycles. The van der Waals surface area contributed by atoms with Gasteiger partial charge in [-0.05, 0) is 29.6 Å². The second kappa shape index (κ2) is 9.07. The molecule has 2 aliphatic heterocycles. The number of carbonyl (C=O) groups is 3. The molecular formula is C25H22N2O5S. The number of para-hydroxylation sites is 2. The van der Waals surface area contributed by atoms with Gasteiger partial charge in [-0.1, -0.05) is 36.4 Å². The van der Waals surface area contributed by atoms with Gasteiger partial charge < -0.3 is 19.3 Å². The molecule has 0 saturated carbocycles. The van der Waals surface area contributed by atoms with Crippen molar-refractivity contribution in [2.75, 3.05) is 32.8 Å². The first kappa shape index (κ1) is 21.2. The van der Waals surface area contributed by atoms with Crippen molar-refractivity contribution in [1.82, 2.24) is 9.80 Å². The average molecular weight is 463 g/mol. The summed E-state index contributed by atoms with van der Waals surface area (Å²) in [6, 6.07) is 17.7. The molecule has 168 valence electrons. The number of benzene rings is 2. The smallest absolute Gasteiger partial charge is 0.267 e. The van der Waals surface area contributed by atoms with Crippen LogP contribution in [0.3, 0.4) is 0 Å². The summed E-state index contributed by atoms with van der Waals surface area (Å²) in [5.74, 6) is 0.687. The Hall–Kier alpha value is -3.65. The maximum Gasteiger partial charge on any atom is 0.267 e. The van der Waals surface area contributed by atoms with Crippen LogP contribution < -0.4 is 9.47 Å². The quantitative estimate of drug-likeness (QED) is 0.557. The van der Waals surface area contributed by atoms with Gasteiger partial charge in [0.25, 0.3) is 11.8 Å². The number of rotatable bonds is 4. The summed E-state index contributed by atoms with van der Waals surface area (Å²) < 4.78 is 11.5. The predicted octanol–water partition coefficient (Wildman–Crippen LogP) is 3.10. The Morgan fingerprint density at radius 2 is 1.45 bits per heavy atom. The van der Waals surface area contributed by atoms with Gasteiger partial charge in [-0.2, -0.15) is 0 Å². The molecule has 3 aromatic rings. The number of nitrogens with zero attached hydrogens (tertiary/aromatic N) is 2. The highest BCUT2D eigenvalue weighted by Crippen LogP contribution is 2.31. The SMILES string of the molecule is O=C(c1cccs1)c1ccccc1C(=O)N1CCN(C(=O)[C@@H]2COc3ccccc3O2)CC1. The van der Waals surface area contributed by atoms with Crippen LogP contribution in [0.25, 0.3) is 0 Å². The fraction of sp³-hybridized carbons (Fsp3) is 0.240. The van der Waals surface area contributed by atoms with Gasteiger partial charge in [0.15, 0.2) is 11.5 Å². The standard InChI is InChI=1S/C25H22N2O5S/c28-23(22-10-5-15-33-22)17-6-1-2-7-18(17)24(29)26-11-13-27(14-12-26)25(30)21-16-31-19-8-3-4-9-20(19)32-21/h1-10,15,21H,11-14,16H2/t21-/m0/s1. The van der Waals surface area contributed by atoms with E-state index < -0.39 is 6.10 Å². The largest absolute Gasteiger partial charge is 0.485 e. The zero-order chi connectivity index (χ0) is 22.8. The van der Waals surface area contributed by atoms with Crippen molar-refractivity contribution >= 4 is 28.9 Å². The lowest BCUT2D eigenvalue weighted by Crippen LogP contribution is -2.55. The maximum absolute atomic E-state index is 13.2. The van der Waals surface area contributed by atoms with Crippen LogP contribution in [0, 0.1) is 0 Å². The third-order valence-corrected chi connectivity index (χ3v) is 6.68. The van der Waals surface area contributed by atoms with Crippen molar-refractivity contribution in [3.63, 3.8) is 0 Å². The minimum Gasteiger partial charge on any atom is -0.485 e.